The second kappa shape index (κ2) is 12.6. The van der Waals surface area contributed by atoms with Crippen molar-refractivity contribution in [3.05, 3.63) is 76.0 Å². The third kappa shape index (κ3) is 7.71. The first kappa shape index (κ1) is 26.5. The molecule has 0 radical (unpaired) electrons. The molecule has 7 nitrogen and oxygen atoms in total. The number of amides is 1. The molecule has 0 aliphatic heterocycles. The molecule has 3 aromatic rings. The Hall–Kier alpha value is -3.08. The van der Waals surface area contributed by atoms with Crippen molar-refractivity contribution in [2.75, 3.05) is 17.7 Å². The average Bonchev–Trinajstić information content (AvgIpc) is 2.82. The van der Waals surface area contributed by atoms with Crippen LogP contribution in [0.15, 0.2) is 59.8 Å². The van der Waals surface area contributed by atoms with Gasteiger partial charge in [0, 0.05) is 28.6 Å². The van der Waals surface area contributed by atoms with Gasteiger partial charge < -0.3 is 19.9 Å². The number of anilines is 1. The van der Waals surface area contributed by atoms with Gasteiger partial charge in [0.1, 0.15) is 0 Å². The largest absolute Gasteiger partial charge is 0.490 e. The smallest absolute Gasteiger partial charge is 0.387 e. The van der Waals surface area contributed by atoms with E-state index >= 15 is 0 Å². The molecule has 12 heteroatoms. The number of halogens is 4. The number of aromatic nitrogens is 1. The Kier molecular flexibility index (Phi) is 9.53. The first-order valence-corrected chi connectivity index (χ1v) is 11.8. The zero-order valence-electron chi connectivity index (χ0n) is 17.8. The minimum absolute atomic E-state index is 0.0271. The van der Waals surface area contributed by atoms with Crippen molar-refractivity contribution in [3.63, 3.8) is 0 Å². The normalized spacial score (nSPS) is 10.8. The van der Waals surface area contributed by atoms with E-state index < -0.39 is 18.5 Å². The van der Waals surface area contributed by atoms with E-state index in [-0.39, 0.29) is 45.0 Å². The number of pyridine rings is 1. The lowest BCUT2D eigenvalue weighted by Crippen LogP contribution is -2.14. The Bertz CT molecular complexity index is 1180. The maximum Gasteiger partial charge on any atom is 0.387 e. The quantitative estimate of drug-likeness (QED) is 0.210. The number of carboxylic acid groups (broad SMARTS) is 1. The van der Waals surface area contributed by atoms with Crippen LogP contribution in [-0.4, -0.2) is 40.9 Å². The average molecular weight is 543 g/mol. The van der Waals surface area contributed by atoms with Crippen LogP contribution < -0.4 is 14.8 Å². The number of nitrogens with one attached hydrogen (secondary N) is 1. The lowest BCUT2D eigenvalue weighted by molar-refractivity contribution is -0.0515. The van der Waals surface area contributed by atoms with Gasteiger partial charge in [0.25, 0.3) is 5.91 Å². The number of benzene rings is 2. The van der Waals surface area contributed by atoms with Gasteiger partial charge in [0.15, 0.2) is 11.5 Å². The summed E-state index contributed by atoms with van der Waals surface area (Å²) in [5, 5.41) is 11.8. The molecule has 2 aromatic carbocycles. The highest BCUT2D eigenvalue weighted by Gasteiger charge is 2.17. The molecule has 0 aliphatic carbocycles. The first-order chi connectivity index (χ1) is 16.7. The molecule has 35 heavy (non-hydrogen) atoms. The van der Waals surface area contributed by atoms with Crippen LogP contribution in [0.2, 0.25) is 10.0 Å². The second-order valence-electron chi connectivity index (χ2n) is 6.85. The van der Waals surface area contributed by atoms with Crippen LogP contribution in [-0.2, 0) is 0 Å². The summed E-state index contributed by atoms with van der Waals surface area (Å²) in [4.78, 5) is 28.3. The number of rotatable bonds is 11. The third-order valence-electron chi connectivity index (χ3n) is 4.43. The summed E-state index contributed by atoms with van der Waals surface area (Å²) >= 11 is 13.5. The zero-order chi connectivity index (χ0) is 25.4. The van der Waals surface area contributed by atoms with Crippen LogP contribution in [0.3, 0.4) is 0 Å². The fourth-order valence-corrected chi connectivity index (χ4v) is 4.08. The van der Waals surface area contributed by atoms with Gasteiger partial charge in [-0.2, -0.15) is 8.78 Å². The molecule has 0 bridgehead atoms. The number of hydrogen-bond donors (Lipinski definition) is 2. The number of thioether (sulfide) groups is 1. The lowest BCUT2D eigenvalue weighted by Gasteiger charge is -2.14. The summed E-state index contributed by atoms with van der Waals surface area (Å²) < 4.78 is 35.7. The predicted molar refractivity (Wildman–Crippen MR) is 130 cm³/mol. The maximum absolute atomic E-state index is 12.8. The topological polar surface area (TPSA) is 97.8 Å². The Balaban J connectivity index is 1.62. The molecule has 0 unspecified atom stereocenters. The number of aromatic carboxylic acids is 1. The Morgan fingerprint density at radius 1 is 1.03 bits per heavy atom. The first-order valence-electron chi connectivity index (χ1n) is 10.0. The molecule has 184 valence electrons. The molecule has 0 saturated carbocycles. The predicted octanol–water partition coefficient (Wildman–Crippen LogP) is 6.50. The monoisotopic (exact) mass is 542 g/mol. The minimum atomic E-state index is -3.07. The number of carboxylic acids is 1. The van der Waals surface area contributed by atoms with Crippen molar-refractivity contribution in [2.24, 2.45) is 0 Å². The number of alkyl halides is 2. The summed E-state index contributed by atoms with van der Waals surface area (Å²) in [6, 6.07) is 10.2. The molecule has 0 aliphatic rings. The molecular weight excluding hydrogens is 525 g/mol. The van der Waals surface area contributed by atoms with Gasteiger partial charge in [-0.25, -0.2) is 4.79 Å². The maximum atomic E-state index is 12.8. The molecule has 2 N–H and O–H groups in total. The van der Waals surface area contributed by atoms with Crippen LogP contribution >= 0.6 is 35.0 Å². The molecule has 1 amide bonds. The number of ether oxygens (including phenoxy) is 2. The van der Waals surface area contributed by atoms with Crippen molar-refractivity contribution < 1.29 is 33.0 Å². The van der Waals surface area contributed by atoms with Crippen molar-refractivity contribution in [2.45, 2.75) is 17.9 Å². The van der Waals surface area contributed by atoms with Gasteiger partial charge in [0.2, 0.25) is 0 Å². The molecule has 1 heterocycles. The van der Waals surface area contributed by atoms with Gasteiger partial charge in [-0.3, -0.25) is 9.78 Å². The fourth-order valence-electron chi connectivity index (χ4n) is 2.80. The number of nitrogens with zero attached hydrogens (tertiary/aromatic N) is 1. The molecular formula is C23H18Cl2F2N2O5S. The van der Waals surface area contributed by atoms with E-state index in [1.54, 1.807) is 12.1 Å². The molecule has 0 fully saturated rings. The molecule has 1 aromatic heterocycles. The van der Waals surface area contributed by atoms with Gasteiger partial charge in [-0.05, 0) is 48.9 Å². The summed E-state index contributed by atoms with van der Waals surface area (Å²) in [6.07, 6.45) is 3.17. The fraction of sp³-hybridized carbons (Fsp3) is 0.174. The highest BCUT2D eigenvalue weighted by Crippen LogP contribution is 2.32. The SMILES string of the molecule is O=C(O)c1ccc(SCCCOc2cc(C(=O)Nc3c(Cl)cncc3Cl)ccc2OC(F)F)cc1. The number of carbonyl (C=O) groups is 2. The second-order valence-corrected chi connectivity index (χ2v) is 8.84. The van der Waals surface area contributed by atoms with Gasteiger partial charge in [-0.15, -0.1) is 11.8 Å². The van der Waals surface area contributed by atoms with E-state index in [0.717, 1.165) is 4.90 Å². The van der Waals surface area contributed by atoms with Crippen LogP contribution in [0.25, 0.3) is 0 Å². The summed E-state index contributed by atoms with van der Waals surface area (Å²) in [6.45, 7) is -2.91. The van der Waals surface area contributed by atoms with E-state index in [0.29, 0.717) is 12.2 Å². The Morgan fingerprint density at radius 2 is 1.69 bits per heavy atom. The molecule has 3 rings (SSSR count). The van der Waals surface area contributed by atoms with Crippen LogP contribution in [0.1, 0.15) is 27.1 Å². The van der Waals surface area contributed by atoms with Crippen molar-refractivity contribution >= 4 is 52.5 Å². The molecule has 0 saturated heterocycles. The van der Waals surface area contributed by atoms with Crippen LogP contribution in [0.5, 0.6) is 11.5 Å². The third-order valence-corrected chi connectivity index (χ3v) is 6.10. The van der Waals surface area contributed by atoms with Crippen molar-refractivity contribution in [3.8, 4) is 11.5 Å². The van der Waals surface area contributed by atoms with E-state index in [4.69, 9.17) is 33.0 Å². The minimum Gasteiger partial charge on any atom is -0.490 e. The van der Waals surface area contributed by atoms with E-state index in [2.05, 4.69) is 15.0 Å². The van der Waals surface area contributed by atoms with Crippen LogP contribution in [0.4, 0.5) is 14.5 Å². The van der Waals surface area contributed by atoms with Crippen LogP contribution in [0, 0.1) is 0 Å². The Labute approximate surface area is 213 Å². The van der Waals surface area contributed by atoms with Crippen molar-refractivity contribution in [1.29, 1.82) is 0 Å². The summed E-state index contributed by atoms with van der Waals surface area (Å²) in [7, 11) is 0. The highest BCUT2D eigenvalue weighted by atomic mass is 35.5. The van der Waals surface area contributed by atoms with Crippen molar-refractivity contribution in [1.82, 2.24) is 4.98 Å². The van der Waals surface area contributed by atoms with Gasteiger partial charge >= 0.3 is 12.6 Å². The Morgan fingerprint density at radius 3 is 2.31 bits per heavy atom. The van der Waals surface area contributed by atoms with Gasteiger partial charge in [0.05, 0.1) is 27.9 Å². The molecule has 0 atom stereocenters. The number of hydrogen-bond acceptors (Lipinski definition) is 6. The van der Waals surface area contributed by atoms with E-state index in [1.807, 2.05) is 0 Å². The number of carbonyl (C=O) groups excluding carboxylic acids is 1. The molecule has 0 spiro atoms. The lowest BCUT2D eigenvalue weighted by atomic mass is 10.2. The summed E-state index contributed by atoms with van der Waals surface area (Å²) in [5.74, 6) is -1.21. The van der Waals surface area contributed by atoms with E-state index in [1.165, 1.54) is 54.5 Å². The van der Waals surface area contributed by atoms with Gasteiger partial charge in [-0.1, -0.05) is 23.2 Å². The summed E-state index contributed by atoms with van der Waals surface area (Å²) in [5.41, 5.74) is 0.470. The highest BCUT2D eigenvalue weighted by molar-refractivity contribution is 7.99. The standard InChI is InChI=1S/C23H18Cl2F2N2O5S/c24-16-11-28-12-17(25)20(16)29-21(30)14-4-7-18(34-23(26)27)19(10-14)33-8-1-9-35-15-5-2-13(3-6-15)22(31)32/h2-7,10-12,23H,1,8-9H2,(H,31,32)(H,28,29,30). The zero-order valence-corrected chi connectivity index (χ0v) is 20.2. The van der Waals surface area contributed by atoms with E-state index in [9.17, 15) is 18.4 Å².